The van der Waals surface area contributed by atoms with Crippen molar-refractivity contribution in [2.75, 3.05) is 6.61 Å². The first kappa shape index (κ1) is 12.8. The SMILES string of the molecule is CCOc1nc(Cl)nc(-c2cccc(CC)c2)n1. The molecule has 0 radical (unpaired) electrons. The van der Waals surface area contributed by atoms with E-state index in [1.807, 2.05) is 25.1 Å². The molecule has 1 aromatic carbocycles. The Morgan fingerprint density at radius 3 is 2.72 bits per heavy atom. The molecule has 2 rings (SSSR count). The Balaban J connectivity index is 2.42. The molecule has 0 aliphatic heterocycles. The van der Waals surface area contributed by atoms with Crippen LogP contribution in [-0.2, 0) is 6.42 Å². The lowest BCUT2D eigenvalue weighted by Gasteiger charge is -2.05. The monoisotopic (exact) mass is 263 g/mol. The Morgan fingerprint density at radius 2 is 2.00 bits per heavy atom. The Bertz CT molecular complexity index is 546. The van der Waals surface area contributed by atoms with Crippen molar-refractivity contribution in [2.24, 2.45) is 0 Å². The fraction of sp³-hybridized carbons (Fsp3) is 0.308. The zero-order valence-electron chi connectivity index (χ0n) is 10.4. The lowest BCUT2D eigenvalue weighted by Crippen LogP contribution is -2.01. The van der Waals surface area contributed by atoms with Crippen molar-refractivity contribution in [3.63, 3.8) is 0 Å². The van der Waals surface area contributed by atoms with Gasteiger partial charge in [0.25, 0.3) is 0 Å². The molecule has 0 saturated heterocycles. The summed E-state index contributed by atoms with van der Waals surface area (Å²) in [5.74, 6) is 0.536. The molecule has 0 N–H and O–H groups in total. The number of rotatable bonds is 4. The maximum Gasteiger partial charge on any atom is 0.321 e. The highest BCUT2D eigenvalue weighted by Crippen LogP contribution is 2.20. The average Bonchev–Trinajstić information content (AvgIpc) is 2.38. The average molecular weight is 264 g/mol. The van der Waals surface area contributed by atoms with Gasteiger partial charge in [0.15, 0.2) is 5.82 Å². The molecular formula is C13H14ClN3O. The van der Waals surface area contributed by atoms with Crippen LogP contribution in [0, 0.1) is 0 Å². The molecule has 18 heavy (non-hydrogen) atoms. The van der Waals surface area contributed by atoms with E-state index in [1.165, 1.54) is 5.56 Å². The van der Waals surface area contributed by atoms with Crippen molar-refractivity contribution in [3.05, 3.63) is 35.1 Å². The fourth-order valence-electron chi connectivity index (χ4n) is 1.58. The van der Waals surface area contributed by atoms with E-state index in [2.05, 4.69) is 27.9 Å². The normalized spacial score (nSPS) is 10.4. The molecule has 0 atom stereocenters. The molecular weight excluding hydrogens is 250 g/mol. The van der Waals surface area contributed by atoms with Gasteiger partial charge in [0.05, 0.1) is 6.61 Å². The summed E-state index contributed by atoms with van der Waals surface area (Å²) in [7, 11) is 0. The third kappa shape index (κ3) is 2.96. The van der Waals surface area contributed by atoms with Gasteiger partial charge in [-0.3, -0.25) is 0 Å². The smallest absolute Gasteiger partial charge is 0.321 e. The van der Waals surface area contributed by atoms with Crippen LogP contribution in [-0.4, -0.2) is 21.6 Å². The summed E-state index contributed by atoms with van der Waals surface area (Å²) < 4.78 is 5.26. The van der Waals surface area contributed by atoms with E-state index >= 15 is 0 Å². The first-order valence-electron chi connectivity index (χ1n) is 5.86. The maximum atomic E-state index is 5.87. The van der Waals surface area contributed by atoms with Crippen LogP contribution in [0.1, 0.15) is 19.4 Å². The van der Waals surface area contributed by atoms with Crippen LogP contribution in [0.5, 0.6) is 6.01 Å². The highest BCUT2D eigenvalue weighted by molar-refractivity contribution is 6.28. The Hall–Kier alpha value is -1.68. The molecule has 94 valence electrons. The summed E-state index contributed by atoms with van der Waals surface area (Å²) in [6, 6.07) is 8.29. The van der Waals surface area contributed by atoms with Crippen molar-refractivity contribution in [2.45, 2.75) is 20.3 Å². The second-order valence-corrected chi connectivity index (χ2v) is 4.04. The van der Waals surface area contributed by atoms with Crippen molar-refractivity contribution >= 4 is 11.6 Å². The topological polar surface area (TPSA) is 47.9 Å². The zero-order valence-corrected chi connectivity index (χ0v) is 11.1. The highest BCUT2D eigenvalue weighted by atomic mass is 35.5. The van der Waals surface area contributed by atoms with Crippen LogP contribution in [0.15, 0.2) is 24.3 Å². The zero-order chi connectivity index (χ0) is 13.0. The van der Waals surface area contributed by atoms with E-state index in [0.29, 0.717) is 12.4 Å². The van der Waals surface area contributed by atoms with Gasteiger partial charge in [0, 0.05) is 5.56 Å². The largest absolute Gasteiger partial charge is 0.464 e. The van der Waals surface area contributed by atoms with E-state index in [0.717, 1.165) is 12.0 Å². The number of benzene rings is 1. The van der Waals surface area contributed by atoms with Gasteiger partial charge < -0.3 is 4.74 Å². The van der Waals surface area contributed by atoms with E-state index in [-0.39, 0.29) is 11.3 Å². The Morgan fingerprint density at radius 1 is 1.17 bits per heavy atom. The molecule has 0 aliphatic rings. The van der Waals surface area contributed by atoms with Crippen molar-refractivity contribution in [1.82, 2.24) is 15.0 Å². The maximum absolute atomic E-state index is 5.87. The van der Waals surface area contributed by atoms with Crippen LogP contribution in [0.3, 0.4) is 0 Å². The number of aromatic nitrogens is 3. The number of aryl methyl sites for hydroxylation is 1. The quantitative estimate of drug-likeness (QED) is 0.850. The summed E-state index contributed by atoms with van der Waals surface area (Å²) in [5.41, 5.74) is 2.14. The molecule has 0 bridgehead atoms. The van der Waals surface area contributed by atoms with Gasteiger partial charge in [0.2, 0.25) is 5.28 Å². The fourth-order valence-corrected chi connectivity index (χ4v) is 1.74. The summed E-state index contributed by atoms with van der Waals surface area (Å²) in [6.07, 6.45) is 0.963. The highest BCUT2D eigenvalue weighted by Gasteiger charge is 2.08. The molecule has 1 heterocycles. The van der Waals surface area contributed by atoms with Crippen LogP contribution in [0.2, 0.25) is 5.28 Å². The minimum absolute atomic E-state index is 0.144. The molecule has 0 spiro atoms. The predicted molar refractivity (Wildman–Crippen MR) is 70.8 cm³/mol. The van der Waals surface area contributed by atoms with Gasteiger partial charge in [-0.25, -0.2) is 0 Å². The third-order valence-electron chi connectivity index (χ3n) is 2.45. The third-order valence-corrected chi connectivity index (χ3v) is 2.62. The molecule has 4 nitrogen and oxygen atoms in total. The molecule has 0 saturated carbocycles. The van der Waals surface area contributed by atoms with Crippen molar-refractivity contribution in [1.29, 1.82) is 0 Å². The van der Waals surface area contributed by atoms with Crippen molar-refractivity contribution in [3.8, 4) is 17.4 Å². The number of hydrogen-bond acceptors (Lipinski definition) is 4. The first-order chi connectivity index (χ1) is 8.72. The number of hydrogen-bond donors (Lipinski definition) is 0. The molecule has 5 heteroatoms. The number of nitrogens with zero attached hydrogens (tertiary/aromatic N) is 3. The molecule has 0 unspecified atom stereocenters. The van der Waals surface area contributed by atoms with Crippen LogP contribution >= 0.6 is 11.6 Å². The summed E-state index contributed by atoms with van der Waals surface area (Å²) in [5, 5.41) is 0.144. The van der Waals surface area contributed by atoms with Gasteiger partial charge in [-0.15, -0.1) is 0 Å². The second kappa shape index (κ2) is 5.78. The first-order valence-corrected chi connectivity index (χ1v) is 6.24. The minimum Gasteiger partial charge on any atom is -0.464 e. The Kier molecular flexibility index (Phi) is 4.10. The van der Waals surface area contributed by atoms with Crippen LogP contribution in [0.25, 0.3) is 11.4 Å². The van der Waals surface area contributed by atoms with E-state index in [9.17, 15) is 0 Å². The van der Waals surface area contributed by atoms with Gasteiger partial charge in [0.1, 0.15) is 0 Å². The lowest BCUT2D eigenvalue weighted by molar-refractivity contribution is 0.312. The molecule has 0 amide bonds. The van der Waals surface area contributed by atoms with E-state index in [1.54, 1.807) is 0 Å². The van der Waals surface area contributed by atoms with Gasteiger partial charge >= 0.3 is 6.01 Å². The predicted octanol–water partition coefficient (Wildman–Crippen LogP) is 3.15. The van der Waals surface area contributed by atoms with Crippen LogP contribution < -0.4 is 4.74 Å². The van der Waals surface area contributed by atoms with E-state index < -0.39 is 0 Å². The summed E-state index contributed by atoms with van der Waals surface area (Å²) >= 11 is 5.87. The Labute approximate surface area is 111 Å². The number of ether oxygens (including phenoxy) is 1. The molecule has 0 aliphatic carbocycles. The van der Waals surface area contributed by atoms with Crippen molar-refractivity contribution < 1.29 is 4.74 Å². The van der Waals surface area contributed by atoms with Gasteiger partial charge in [-0.2, -0.15) is 15.0 Å². The minimum atomic E-state index is 0.144. The molecule has 0 fully saturated rings. The van der Waals surface area contributed by atoms with Gasteiger partial charge in [-0.1, -0.05) is 25.1 Å². The number of halogens is 1. The standard InChI is InChI=1S/C13H14ClN3O/c1-3-9-6-5-7-10(8-9)11-15-12(14)17-13(16-11)18-4-2/h5-8H,3-4H2,1-2H3. The van der Waals surface area contributed by atoms with Gasteiger partial charge in [-0.05, 0) is 36.6 Å². The molecule has 2 aromatic rings. The lowest BCUT2D eigenvalue weighted by atomic mass is 10.1. The second-order valence-electron chi connectivity index (χ2n) is 3.70. The molecule has 1 aromatic heterocycles. The van der Waals surface area contributed by atoms with E-state index in [4.69, 9.17) is 16.3 Å². The summed E-state index contributed by atoms with van der Waals surface area (Å²) in [4.78, 5) is 12.3. The van der Waals surface area contributed by atoms with Crippen LogP contribution in [0.4, 0.5) is 0 Å². The summed E-state index contributed by atoms with van der Waals surface area (Å²) in [6.45, 7) is 4.47.